The normalized spacial score (nSPS) is 22.0. The predicted octanol–water partition coefficient (Wildman–Crippen LogP) is 1.45. The third-order valence-corrected chi connectivity index (χ3v) is 4.90. The fourth-order valence-electron chi connectivity index (χ4n) is 3.47. The first-order valence-electron chi connectivity index (χ1n) is 8.56. The van der Waals surface area contributed by atoms with Gasteiger partial charge in [-0.05, 0) is 37.9 Å². The molecule has 2 fully saturated rings. The molecule has 1 amide bonds. The predicted molar refractivity (Wildman–Crippen MR) is 87.1 cm³/mol. The quantitative estimate of drug-likeness (QED) is 0.918. The van der Waals surface area contributed by atoms with E-state index in [0.29, 0.717) is 17.4 Å². The summed E-state index contributed by atoms with van der Waals surface area (Å²) in [7, 11) is 0. The number of hydrogen-bond donors (Lipinski definition) is 1. The van der Waals surface area contributed by atoms with Crippen LogP contribution < -0.4 is 5.32 Å². The molecule has 0 bridgehead atoms. The first-order chi connectivity index (χ1) is 11.8. The first-order valence-corrected chi connectivity index (χ1v) is 8.56. The number of hydrogen-bond acceptors (Lipinski definition) is 6. The van der Waals surface area contributed by atoms with Crippen molar-refractivity contribution in [2.75, 3.05) is 26.2 Å². The number of rotatable bonds is 3. The van der Waals surface area contributed by atoms with Gasteiger partial charge >= 0.3 is 0 Å². The van der Waals surface area contributed by atoms with Gasteiger partial charge in [0.15, 0.2) is 0 Å². The fraction of sp³-hybridized carbons (Fsp3) is 0.529. The Morgan fingerprint density at radius 1 is 1.25 bits per heavy atom. The van der Waals surface area contributed by atoms with Crippen molar-refractivity contribution in [3.8, 4) is 11.5 Å². The van der Waals surface area contributed by atoms with E-state index in [1.807, 2.05) is 23.1 Å². The number of pyridine rings is 1. The summed E-state index contributed by atoms with van der Waals surface area (Å²) in [6.45, 7) is 3.30. The van der Waals surface area contributed by atoms with Gasteiger partial charge in [0.1, 0.15) is 5.69 Å². The molecule has 24 heavy (non-hydrogen) atoms. The zero-order valence-corrected chi connectivity index (χ0v) is 13.5. The van der Waals surface area contributed by atoms with E-state index in [-0.39, 0.29) is 17.7 Å². The third kappa shape index (κ3) is 3.03. The van der Waals surface area contributed by atoms with Crippen LogP contribution in [-0.2, 0) is 4.79 Å². The second-order valence-electron chi connectivity index (χ2n) is 6.46. The number of amides is 1. The molecule has 1 N–H and O–H groups in total. The number of nitrogens with zero attached hydrogens (tertiary/aromatic N) is 4. The topological polar surface area (TPSA) is 84.2 Å². The van der Waals surface area contributed by atoms with Crippen molar-refractivity contribution in [2.45, 2.75) is 25.2 Å². The molecule has 1 unspecified atom stereocenters. The van der Waals surface area contributed by atoms with Crippen LogP contribution >= 0.6 is 0 Å². The number of piperidine rings is 1. The molecule has 2 aromatic rings. The molecule has 7 heteroatoms. The van der Waals surface area contributed by atoms with Gasteiger partial charge in [0, 0.05) is 31.7 Å². The minimum Gasteiger partial charge on any atom is -0.342 e. The largest absolute Gasteiger partial charge is 0.342 e. The van der Waals surface area contributed by atoms with Gasteiger partial charge in [0.2, 0.25) is 17.6 Å². The highest BCUT2D eigenvalue weighted by Gasteiger charge is 2.32. The monoisotopic (exact) mass is 327 g/mol. The molecule has 4 rings (SSSR count). The standard InChI is InChI=1S/C17H21N5O2/c23-17(13-4-8-18-11-13)22-9-5-12(6-10-22)16-20-15(21-24-16)14-3-1-2-7-19-14/h1-3,7,12-13,18H,4-6,8-11H2. The van der Waals surface area contributed by atoms with Gasteiger partial charge in [-0.25, -0.2) is 0 Å². The molecule has 0 saturated carbocycles. The zero-order chi connectivity index (χ0) is 16.4. The van der Waals surface area contributed by atoms with Crippen LogP contribution in [-0.4, -0.2) is 52.1 Å². The van der Waals surface area contributed by atoms with Crippen LogP contribution in [0.5, 0.6) is 0 Å². The Morgan fingerprint density at radius 2 is 2.12 bits per heavy atom. The van der Waals surface area contributed by atoms with Crippen molar-refractivity contribution in [2.24, 2.45) is 5.92 Å². The molecule has 0 aliphatic carbocycles. The van der Waals surface area contributed by atoms with Gasteiger partial charge in [-0.2, -0.15) is 4.98 Å². The summed E-state index contributed by atoms with van der Waals surface area (Å²) in [5.41, 5.74) is 0.717. The van der Waals surface area contributed by atoms with Gasteiger partial charge in [-0.1, -0.05) is 11.2 Å². The Balaban J connectivity index is 1.38. The van der Waals surface area contributed by atoms with Crippen molar-refractivity contribution in [3.05, 3.63) is 30.3 Å². The van der Waals surface area contributed by atoms with Crippen molar-refractivity contribution >= 4 is 5.91 Å². The van der Waals surface area contributed by atoms with Crippen LogP contribution in [0.25, 0.3) is 11.5 Å². The fourth-order valence-corrected chi connectivity index (χ4v) is 3.47. The molecule has 0 radical (unpaired) electrons. The Bertz CT molecular complexity index is 688. The maximum absolute atomic E-state index is 12.5. The smallest absolute Gasteiger partial charge is 0.230 e. The number of likely N-dealkylation sites (tertiary alicyclic amines) is 1. The molecule has 0 spiro atoms. The third-order valence-electron chi connectivity index (χ3n) is 4.90. The van der Waals surface area contributed by atoms with Gasteiger partial charge < -0.3 is 14.7 Å². The van der Waals surface area contributed by atoms with Crippen LogP contribution in [0.2, 0.25) is 0 Å². The summed E-state index contributed by atoms with van der Waals surface area (Å²) in [5, 5.41) is 7.30. The highest BCUT2D eigenvalue weighted by molar-refractivity contribution is 5.79. The average molecular weight is 327 g/mol. The first kappa shape index (κ1) is 15.3. The van der Waals surface area contributed by atoms with E-state index in [9.17, 15) is 4.79 Å². The van der Waals surface area contributed by atoms with Crippen LogP contribution in [0.3, 0.4) is 0 Å². The summed E-state index contributed by atoms with van der Waals surface area (Å²) < 4.78 is 5.44. The van der Waals surface area contributed by atoms with Gasteiger partial charge in [0.25, 0.3) is 0 Å². The van der Waals surface area contributed by atoms with Crippen LogP contribution in [0.15, 0.2) is 28.9 Å². The molecule has 2 saturated heterocycles. The lowest BCUT2D eigenvalue weighted by molar-refractivity contribution is -0.136. The molecule has 2 aromatic heterocycles. The summed E-state index contributed by atoms with van der Waals surface area (Å²) in [4.78, 5) is 23.2. The SMILES string of the molecule is O=C(C1CCNC1)N1CCC(c2nc(-c3ccccn3)no2)CC1. The Morgan fingerprint density at radius 3 is 2.83 bits per heavy atom. The molecule has 1 atom stereocenters. The molecular weight excluding hydrogens is 306 g/mol. The van der Waals surface area contributed by atoms with Crippen molar-refractivity contribution in [3.63, 3.8) is 0 Å². The maximum Gasteiger partial charge on any atom is 0.230 e. The van der Waals surface area contributed by atoms with Crippen LogP contribution in [0.1, 0.15) is 31.1 Å². The summed E-state index contributed by atoms with van der Waals surface area (Å²) in [5.74, 6) is 1.85. The minimum atomic E-state index is 0.153. The molecular formula is C17H21N5O2. The number of carbonyl (C=O) groups is 1. The van der Waals surface area contributed by atoms with E-state index in [2.05, 4.69) is 20.4 Å². The van der Waals surface area contributed by atoms with Crippen molar-refractivity contribution < 1.29 is 9.32 Å². The number of nitrogens with one attached hydrogen (secondary N) is 1. The van der Waals surface area contributed by atoms with E-state index in [1.54, 1.807) is 6.20 Å². The lowest BCUT2D eigenvalue weighted by atomic mass is 9.95. The van der Waals surface area contributed by atoms with E-state index >= 15 is 0 Å². The van der Waals surface area contributed by atoms with E-state index in [4.69, 9.17) is 4.52 Å². The molecule has 4 heterocycles. The highest BCUT2D eigenvalue weighted by Crippen LogP contribution is 2.29. The number of aromatic nitrogens is 3. The summed E-state index contributed by atoms with van der Waals surface area (Å²) >= 11 is 0. The Hall–Kier alpha value is -2.28. The van der Waals surface area contributed by atoms with Gasteiger partial charge in [0.05, 0.1) is 5.92 Å². The molecule has 0 aromatic carbocycles. The van der Waals surface area contributed by atoms with E-state index in [0.717, 1.165) is 45.4 Å². The summed E-state index contributed by atoms with van der Waals surface area (Å²) in [6.07, 6.45) is 4.41. The second kappa shape index (κ2) is 6.68. The van der Waals surface area contributed by atoms with E-state index < -0.39 is 0 Å². The molecule has 2 aliphatic rings. The average Bonchev–Trinajstić information content (AvgIpc) is 3.34. The number of carbonyl (C=O) groups excluding carboxylic acids is 1. The van der Waals surface area contributed by atoms with Crippen molar-refractivity contribution in [1.82, 2.24) is 25.3 Å². The Labute approximate surface area is 140 Å². The zero-order valence-electron chi connectivity index (χ0n) is 13.5. The Kier molecular flexibility index (Phi) is 4.25. The second-order valence-corrected chi connectivity index (χ2v) is 6.46. The van der Waals surface area contributed by atoms with Gasteiger partial charge in [-0.3, -0.25) is 9.78 Å². The lowest BCUT2D eigenvalue weighted by Gasteiger charge is -2.32. The van der Waals surface area contributed by atoms with Crippen molar-refractivity contribution in [1.29, 1.82) is 0 Å². The highest BCUT2D eigenvalue weighted by atomic mass is 16.5. The minimum absolute atomic E-state index is 0.153. The van der Waals surface area contributed by atoms with Crippen LogP contribution in [0, 0.1) is 5.92 Å². The van der Waals surface area contributed by atoms with Gasteiger partial charge in [-0.15, -0.1) is 0 Å². The molecule has 2 aliphatic heterocycles. The molecule has 126 valence electrons. The lowest BCUT2D eigenvalue weighted by Crippen LogP contribution is -2.42. The van der Waals surface area contributed by atoms with E-state index in [1.165, 1.54) is 0 Å². The van der Waals surface area contributed by atoms with Crippen LogP contribution in [0.4, 0.5) is 0 Å². The molecule has 7 nitrogen and oxygen atoms in total. The summed E-state index contributed by atoms with van der Waals surface area (Å²) in [6, 6.07) is 5.63. The maximum atomic E-state index is 12.5.